The van der Waals surface area contributed by atoms with Crippen molar-refractivity contribution in [2.45, 2.75) is 44.6 Å². The molecule has 0 aromatic heterocycles. The highest BCUT2D eigenvalue weighted by Gasteiger charge is 2.33. The molecule has 9 heteroatoms. The fourth-order valence-electron chi connectivity index (χ4n) is 4.65. The van der Waals surface area contributed by atoms with E-state index in [1.807, 2.05) is 67.4 Å². The largest absolute Gasteiger partial charge is 0.508 e. The van der Waals surface area contributed by atoms with Crippen molar-refractivity contribution in [3.63, 3.8) is 0 Å². The molecular weight excluding hydrogens is 498 g/mol. The Morgan fingerprint density at radius 3 is 2.44 bits per heavy atom. The normalized spacial score (nSPS) is 20.0. The molecule has 0 bridgehead atoms. The second-order valence-corrected chi connectivity index (χ2v) is 9.79. The maximum Gasteiger partial charge on any atom is 0.319 e. The Bertz CT molecular complexity index is 1200. The van der Waals surface area contributed by atoms with E-state index in [9.17, 15) is 20.1 Å². The molecule has 5 N–H and O–H groups in total. The van der Waals surface area contributed by atoms with E-state index in [1.165, 1.54) is 0 Å². The van der Waals surface area contributed by atoms with Crippen LogP contribution in [0.5, 0.6) is 5.75 Å². The summed E-state index contributed by atoms with van der Waals surface area (Å²) >= 11 is 0. The number of amides is 2. The number of anilines is 1. The summed E-state index contributed by atoms with van der Waals surface area (Å²) in [5.41, 5.74) is 3.95. The molecule has 2 amide bonds. The van der Waals surface area contributed by atoms with Gasteiger partial charge in [0.25, 0.3) is 0 Å². The molecule has 1 aliphatic rings. The number of likely N-dealkylation sites (N-methyl/N-ethyl adjacent to an activating group) is 1. The van der Waals surface area contributed by atoms with E-state index in [2.05, 4.69) is 10.6 Å². The lowest BCUT2D eigenvalue weighted by Crippen LogP contribution is -2.39. The van der Waals surface area contributed by atoms with Gasteiger partial charge >= 0.3 is 6.03 Å². The second kappa shape index (κ2) is 13.5. The molecule has 1 aliphatic heterocycles. The summed E-state index contributed by atoms with van der Waals surface area (Å²) in [7, 11) is 1.92. The third-order valence-corrected chi connectivity index (χ3v) is 6.65. The monoisotopic (exact) mass is 535 g/mol. The number of ether oxygens (including phenoxy) is 2. The molecule has 3 aromatic carbocycles. The Kier molecular flexibility index (Phi) is 9.91. The molecule has 0 unspecified atom stereocenters. The minimum absolute atomic E-state index is 0.0247. The predicted octanol–water partition coefficient (Wildman–Crippen LogP) is 4.24. The van der Waals surface area contributed by atoms with Crippen molar-refractivity contribution in [3.8, 4) is 5.75 Å². The van der Waals surface area contributed by atoms with Crippen molar-refractivity contribution in [3.05, 3.63) is 95.1 Å². The molecule has 0 radical (unpaired) electrons. The van der Waals surface area contributed by atoms with Crippen LogP contribution < -0.4 is 10.6 Å². The van der Waals surface area contributed by atoms with Gasteiger partial charge in [-0.05, 0) is 54.9 Å². The van der Waals surface area contributed by atoms with Crippen molar-refractivity contribution >= 4 is 11.7 Å². The number of carbonyl (C=O) groups is 1. The van der Waals surface area contributed by atoms with E-state index < -0.39 is 12.4 Å². The highest BCUT2D eigenvalue weighted by molar-refractivity contribution is 5.89. The number of phenols is 1. The van der Waals surface area contributed by atoms with Gasteiger partial charge in [0, 0.05) is 37.3 Å². The maximum atomic E-state index is 11.9. The number of benzene rings is 3. The number of phenolic OH excluding ortho intramolecular Hbond substituents is 1. The highest BCUT2D eigenvalue weighted by atomic mass is 16.7. The molecule has 0 spiro atoms. The van der Waals surface area contributed by atoms with E-state index in [4.69, 9.17) is 9.47 Å². The topological polar surface area (TPSA) is 124 Å². The second-order valence-electron chi connectivity index (χ2n) is 9.79. The van der Waals surface area contributed by atoms with Crippen LogP contribution in [-0.2, 0) is 16.1 Å². The van der Waals surface area contributed by atoms with Crippen molar-refractivity contribution < 1.29 is 29.6 Å². The summed E-state index contributed by atoms with van der Waals surface area (Å²) < 4.78 is 12.8. The molecule has 9 nitrogen and oxygen atoms in total. The van der Waals surface area contributed by atoms with Gasteiger partial charge < -0.3 is 40.3 Å². The van der Waals surface area contributed by atoms with Crippen molar-refractivity contribution in [2.24, 2.45) is 0 Å². The van der Waals surface area contributed by atoms with Crippen molar-refractivity contribution in [1.82, 2.24) is 10.2 Å². The standard InChI is InChI=1S/C30H37N3O6/c1-3-31-30(37)32-24-13-11-22(12-14-24)29-38-26(16-28(39-29)21-9-7-20(19-34)8-10-21)17-33(2)18-27(36)23-5-4-6-25(35)15-23/h4-15,26-29,34-36H,3,16-19H2,1-2H3,(H2,31,32,37)/t26-,27+,28+,29+/m0/s1. The number of aliphatic hydroxyl groups excluding tert-OH is 2. The molecule has 4 atom stereocenters. The van der Waals surface area contributed by atoms with Gasteiger partial charge in [-0.15, -0.1) is 0 Å². The summed E-state index contributed by atoms with van der Waals surface area (Å²) in [4.78, 5) is 13.9. The minimum atomic E-state index is -0.760. The predicted molar refractivity (Wildman–Crippen MR) is 148 cm³/mol. The maximum absolute atomic E-state index is 11.9. The van der Waals surface area contributed by atoms with E-state index in [1.54, 1.807) is 24.3 Å². The number of carbonyl (C=O) groups excluding carboxylic acids is 1. The molecular formula is C30H37N3O6. The van der Waals surface area contributed by atoms with E-state index >= 15 is 0 Å². The summed E-state index contributed by atoms with van der Waals surface area (Å²) in [5.74, 6) is 0.118. The third-order valence-electron chi connectivity index (χ3n) is 6.65. The average Bonchev–Trinajstić information content (AvgIpc) is 2.93. The lowest BCUT2D eigenvalue weighted by atomic mass is 9.99. The lowest BCUT2D eigenvalue weighted by Gasteiger charge is -2.38. The van der Waals surface area contributed by atoms with Gasteiger partial charge in [-0.3, -0.25) is 0 Å². The average molecular weight is 536 g/mol. The molecule has 0 saturated carbocycles. The Labute approximate surface area is 229 Å². The number of aromatic hydroxyl groups is 1. The van der Waals surface area contributed by atoms with Crippen molar-refractivity contribution in [1.29, 1.82) is 0 Å². The van der Waals surface area contributed by atoms with Crippen LogP contribution in [0.25, 0.3) is 0 Å². The number of nitrogens with zero attached hydrogens (tertiary/aromatic N) is 1. The molecule has 1 heterocycles. The van der Waals surface area contributed by atoms with Crippen LogP contribution in [0.1, 0.15) is 54.1 Å². The molecule has 0 aliphatic carbocycles. The van der Waals surface area contributed by atoms with Crippen LogP contribution >= 0.6 is 0 Å². The molecule has 1 saturated heterocycles. The summed E-state index contributed by atoms with van der Waals surface area (Å²) in [5, 5.41) is 35.4. The summed E-state index contributed by atoms with van der Waals surface area (Å²) in [6, 6.07) is 21.4. The first-order valence-electron chi connectivity index (χ1n) is 13.2. The van der Waals surface area contributed by atoms with E-state index in [0.717, 1.165) is 16.7 Å². The van der Waals surface area contributed by atoms with Crippen LogP contribution in [0, 0.1) is 0 Å². The first-order valence-corrected chi connectivity index (χ1v) is 13.2. The first-order chi connectivity index (χ1) is 18.8. The Balaban J connectivity index is 1.47. The van der Waals surface area contributed by atoms with Gasteiger partial charge in [0.05, 0.1) is 24.9 Å². The zero-order chi connectivity index (χ0) is 27.8. The van der Waals surface area contributed by atoms with Gasteiger partial charge in [-0.2, -0.15) is 0 Å². The van der Waals surface area contributed by atoms with Gasteiger partial charge in [0.1, 0.15) is 5.75 Å². The van der Waals surface area contributed by atoms with Crippen LogP contribution in [0.3, 0.4) is 0 Å². The van der Waals surface area contributed by atoms with Crippen LogP contribution in [0.2, 0.25) is 0 Å². The van der Waals surface area contributed by atoms with Crippen LogP contribution in [0.4, 0.5) is 10.5 Å². The lowest BCUT2D eigenvalue weighted by molar-refractivity contribution is -0.252. The number of nitrogens with one attached hydrogen (secondary N) is 2. The zero-order valence-electron chi connectivity index (χ0n) is 22.3. The van der Waals surface area contributed by atoms with Gasteiger partial charge in [0.15, 0.2) is 6.29 Å². The van der Waals surface area contributed by atoms with Crippen LogP contribution in [0.15, 0.2) is 72.8 Å². The number of rotatable bonds is 10. The van der Waals surface area contributed by atoms with E-state index in [-0.39, 0.29) is 30.6 Å². The first kappa shape index (κ1) is 28.5. The van der Waals surface area contributed by atoms with Gasteiger partial charge in [0.2, 0.25) is 0 Å². The minimum Gasteiger partial charge on any atom is -0.508 e. The number of aliphatic hydroxyl groups is 2. The number of hydrogen-bond acceptors (Lipinski definition) is 7. The molecule has 4 rings (SSSR count). The zero-order valence-corrected chi connectivity index (χ0v) is 22.3. The SMILES string of the molecule is CCNC(=O)Nc1ccc([C@@H]2O[C@H](CN(C)C[C@@H](O)c3cccc(O)c3)C[C@H](c3ccc(CO)cc3)O2)cc1. The smallest absolute Gasteiger partial charge is 0.319 e. The fraction of sp³-hybridized carbons (Fsp3) is 0.367. The molecule has 208 valence electrons. The Hall–Kier alpha value is -3.47. The molecule has 39 heavy (non-hydrogen) atoms. The highest BCUT2D eigenvalue weighted by Crippen LogP contribution is 2.38. The fourth-order valence-corrected chi connectivity index (χ4v) is 4.65. The Morgan fingerprint density at radius 2 is 1.77 bits per heavy atom. The van der Waals surface area contributed by atoms with Crippen LogP contribution in [-0.4, -0.2) is 59.0 Å². The van der Waals surface area contributed by atoms with E-state index in [0.29, 0.717) is 37.3 Å². The van der Waals surface area contributed by atoms with Gasteiger partial charge in [-0.25, -0.2) is 4.79 Å². The third kappa shape index (κ3) is 8.01. The Morgan fingerprint density at radius 1 is 1.05 bits per heavy atom. The molecule has 3 aromatic rings. The summed E-state index contributed by atoms with van der Waals surface area (Å²) in [6.45, 7) is 3.29. The van der Waals surface area contributed by atoms with Crippen molar-refractivity contribution in [2.75, 3.05) is 32.0 Å². The number of hydrogen-bond donors (Lipinski definition) is 5. The summed E-state index contributed by atoms with van der Waals surface area (Å²) in [6.07, 6.45) is -1.21. The van der Waals surface area contributed by atoms with Gasteiger partial charge in [-0.1, -0.05) is 48.5 Å². The number of urea groups is 1. The quantitative estimate of drug-likeness (QED) is 0.263. The molecule has 1 fully saturated rings.